The fourth-order valence-electron chi connectivity index (χ4n) is 4.15. The Balaban J connectivity index is 1.86. The number of hydrogen-bond acceptors (Lipinski definition) is 3. The molecule has 1 heterocycles. The van der Waals surface area contributed by atoms with Gasteiger partial charge < -0.3 is 19.0 Å². The zero-order valence-electron chi connectivity index (χ0n) is 19.0. The summed E-state index contributed by atoms with van der Waals surface area (Å²) in [5, 5.41) is 10.4. The standard InChI is InChI=1S/C27H31N3O2/c1-20-8-12-22(13-9-20)16-24(18-31)30-26-7-5-4-6-25(26)29(27(30)28-19-32-3)17-23-14-10-21(2)11-15-23/h4-15,24,31H,16-19H2,1-3H3/b28-27-. The normalized spacial score (nSPS) is 13.1. The Kier molecular flexibility index (Phi) is 6.88. The van der Waals surface area contributed by atoms with Crippen LogP contribution in [0.2, 0.25) is 0 Å². The third kappa shape index (κ3) is 4.69. The van der Waals surface area contributed by atoms with E-state index in [2.05, 4.69) is 83.6 Å². The zero-order valence-corrected chi connectivity index (χ0v) is 19.0. The van der Waals surface area contributed by atoms with Crippen molar-refractivity contribution in [3.8, 4) is 0 Å². The van der Waals surface area contributed by atoms with Crippen molar-refractivity contribution in [1.29, 1.82) is 0 Å². The number of rotatable bonds is 8. The summed E-state index contributed by atoms with van der Waals surface area (Å²) in [6, 6.07) is 25.2. The first-order chi connectivity index (χ1) is 15.6. The van der Waals surface area contributed by atoms with Crippen molar-refractivity contribution in [2.45, 2.75) is 32.9 Å². The molecule has 3 aromatic carbocycles. The van der Waals surface area contributed by atoms with Crippen molar-refractivity contribution in [3.05, 3.63) is 101 Å². The predicted octanol–water partition coefficient (Wildman–Crippen LogP) is 4.39. The lowest BCUT2D eigenvalue weighted by Gasteiger charge is -2.18. The Morgan fingerprint density at radius 1 is 0.844 bits per heavy atom. The summed E-state index contributed by atoms with van der Waals surface area (Å²) in [7, 11) is 1.65. The van der Waals surface area contributed by atoms with Crippen LogP contribution in [-0.2, 0) is 17.7 Å². The number of nitrogens with zero attached hydrogens (tertiary/aromatic N) is 3. The molecule has 1 N–H and O–H groups in total. The van der Waals surface area contributed by atoms with Gasteiger partial charge in [0.2, 0.25) is 5.62 Å². The molecule has 0 aliphatic heterocycles. The summed E-state index contributed by atoms with van der Waals surface area (Å²) in [6.45, 7) is 5.15. The van der Waals surface area contributed by atoms with Gasteiger partial charge in [-0.05, 0) is 43.5 Å². The molecule has 5 heteroatoms. The molecule has 0 radical (unpaired) electrons. The van der Waals surface area contributed by atoms with E-state index in [4.69, 9.17) is 9.73 Å². The molecule has 0 aliphatic carbocycles. The first-order valence-electron chi connectivity index (χ1n) is 11.0. The van der Waals surface area contributed by atoms with Gasteiger partial charge >= 0.3 is 0 Å². The summed E-state index contributed by atoms with van der Waals surface area (Å²) in [6.07, 6.45) is 0.718. The summed E-state index contributed by atoms with van der Waals surface area (Å²) in [4.78, 5) is 4.79. The van der Waals surface area contributed by atoms with Crippen LogP contribution in [0.3, 0.4) is 0 Å². The monoisotopic (exact) mass is 429 g/mol. The van der Waals surface area contributed by atoms with Crippen molar-refractivity contribution >= 4 is 11.0 Å². The van der Waals surface area contributed by atoms with Crippen LogP contribution in [0, 0.1) is 13.8 Å². The average molecular weight is 430 g/mol. The first-order valence-corrected chi connectivity index (χ1v) is 11.0. The van der Waals surface area contributed by atoms with Crippen molar-refractivity contribution in [3.63, 3.8) is 0 Å². The molecule has 0 saturated carbocycles. The molecule has 4 rings (SSSR count). The smallest absolute Gasteiger partial charge is 0.208 e. The number of aryl methyl sites for hydroxylation is 2. The molecule has 1 atom stereocenters. The molecule has 32 heavy (non-hydrogen) atoms. The van der Waals surface area contributed by atoms with Crippen LogP contribution in [0.1, 0.15) is 28.3 Å². The summed E-state index contributed by atoms with van der Waals surface area (Å²) in [5.41, 5.74) is 7.81. The van der Waals surface area contributed by atoms with Gasteiger partial charge in [0.1, 0.15) is 6.73 Å². The minimum atomic E-state index is -0.141. The van der Waals surface area contributed by atoms with Crippen LogP contribution in [0.5, 0.6) is 0 Å². The predicted molar refractivity (Wildman–Crippen MR) is 129 cm³/mol. The number of benzene rings is 3. The fourth-order valence-corrected chi connectivity index (χ4v) is 4.15. The van der Waals surface area contributed by atoms with E-state index in [-0.39, 0.29) is 19.4 Å². The van der Waals surface area contributed by atoms with E-state index in [9.17, 15) is 5.11 Å². The lowest BCUT2D eigenvalue weighted by Crippen LogP contribution is -2.32. The Hall–Kier alpha value is -3.15. The highest BCUT2D eigenvalue weighted by atomic mass is 16.5. The Morgan fingerprint density at radius 3 is 2.03 bits per heavy atom. The third-order valence-corrected chi connectivity index (χ3v) is 5.85. The molecule has 0 fully saturated rings. The molecular weight excluding hydrogens is 398 g/mol. The number of aromatic nitrogens is 2. The topological polar surface area (TPSA) is 51.7 Å². The lowest BCUT2D eigenvalue weighted by molar-refractivity contribution is 0.199. The van der Waals surface area contributed by atoms with Crippen LogP contribution in [-0.4, -0.2) is 34.7 Å². The SMILES string of the molecule is COC/N=c1/n(Cc2ccc(C)cc2)c2ccccc2n1C(CO)Cc1ccc(C)cc1. The summed E-state index contributed by atoms with van der Waals surface area (Å²) < 4.78 is 9.69. The second-order valence-electron chi connectivity index (χ2n) is 8.33. The minimum Gasteiger partial charge on any atom is -0.394 e. The van der Waals surface area contributed by atoms with Gasteiger partial charge in [-0.15, -0.1) is 0 Å². The zero-order chi connectivity index (χ0) is 22.5. The number of imidazole rings is 1. The number of para-hydroxylation sites is 2. The molecular formula is C27H31N3O2. The van der Waals surface area contributed by atoms with E-state index in [1.54, 1.807) is 7.11 Å². The molecule has 0 saturated heterocycles. The largest absolute Gasteiger partial charge is 0.394 e. The van der Waals surface area contributed by atoms with Crippen molar-refractivity contribution in [2.24, 2.45) is 4.99 Å². The van der Waals surface area contributed by atoms with Crippen LogP contribution < -0.4 is 5.62 Å². The van der Waals surface area contributed by atoms with Crippen LogP contribution in [0.15, 0.2) is 77.8 Å². The highest BCUT2D eigenvalue weighted by Crippen LogP contribution is 2.22. The van der Waals surface area contributed by atoms with E-state index in [1.165, 1.54) is 22.3 Å². The van der Waals surface area contributed by atoms with Gasteiger partial charge in [-0.25, -0.2) is 4.99 Å². The molecule has 1 aromatic heterocycles. The molecule has 0 aliphatic rings. The molecule has 0 spiro atoms. The van der Waals surface area contributed by atoms with E-state index >= 15 is 0 Å². The maximum Gasteiger partial charge on any atom is 0.208 e. The Bertz CT molecular complexity index is 1230. The van der Waals surface area contributed by atoms with Crippen LogP contribution in [0.25, 0.3) is 11.0 Å². The van der Waals surface area contributed by atoms with Crippen molar-refractivity contribution in [2.75, 3.05) is 20.4 Å². The molecule has 166 valence electrons. The van der Waals surface area contributed by atoms with E-state index in [0.29, 0.717) is 6.54 Å². The maximum atomic E-state index is 10.4. The van der Waals surface area contributed by atoms with Gasteiger partial charge in [0.15, 0.2) is 0 Å². The second kappa shape index (κ2) is 9.98. The molecule has 1 unspecified atom stereocenters. The molecule has 0 bridgehead atoms. The Morgan fingerprint density at radius 2 is 1.44 bits per heavy atom. The van der Waals surface area contributed by atoms with Crippen LogP contribution >= 0.6 is 0 Å². The molecule has 5 nitrogen and oxygen atoms in total. The van der Waals surface area contributed by atoms with Crippen molar-refractivity contribution < 1.29 is 9.84 Å². The van der Waals surface area contributed by atoms with Crippen LogP contribution in [0.4, 0.5) is 0 Å². The summed E-state index contributed by atoms with van der Waals surface area (Å²) in [5.74, 6) is 0. The highest BCUT2D eigenvalue weighted by molar-refractivity contribution is 5.76. The lowest BCUT2D eigenvalue weighted by atomic mass is 10.0. The quantitative estimate of drug-likeness (QED) is 0.452. The number of fused-ring (bicyclic) bond motifs is 1. The number of ether oxygens (including phenoxy) is 1. The van der Waals surface area contributed by atoms with E-state index < -0.39 is 0 Å². The van der Waals surface area contributed by atoms with Gasteiger partial charge in [0, 0.05) is 7.11 Å². The first kappa shape index (κ1) is 22.1. The highest BCUT2D eigenvalue weighted by Gasteiger charge is 2.19. The van der Waals surface area contributed by atoms with Gasteiger partial charge in [-0.1, -0.05) is 71.8 Å². The summed E-state index contributed by atoms with van der Waals surface area (Å²) >= 11 is 0. The van der Waals surface area contributed by atoms with Gasteiger partial charge in [0.25, 0.3) is 0 Å². The Labute approximate surface area is 189 Å². The second-order valence-corrected chi connectivity index (χ2v) is 8.33. The number of aliphatic hydroxyl groups is 1. The van der Waals surface area contributed by atoms with E-state index in [1.807, 2.05) is 12.1 Å². The van der Waals surface area contributed by atoms with Gasteiger partial charge in [-0.2, -0.15) is 0 Å². The van der Waals surface area contributed by atoms with Crippen molar-refractivity contribution in [1.82, 2.24) is 9.13 Å². The number of aliphatic hydroxyl groups excluding tert-OH is 1. The van der Waals surface area contributed by atoms with Gasteiger partial charge in [0.05, 0.1) is 30.2 Å². The average Bonchev–Trinajstić information content (AvgIpc) is 3.12. The number of hydrogen-bond donors (Lipinski definition) is 1. The fraction of sp³-hybridized carbons (Fsp3) is 0.296. The molecule has 0 amide bonds. The number of methoxy groups -OCH3 is 1. The molecule has 4 aromatic rings. The maximum absolute atomic E-state index is 10.4. The van der Waals surface area contributed by atoms with E-state index in [0.717, 1.165) is 23.1 Å². The third-order valence-electron chi connectivity index (χ3n) is 5.85. The minimum absolute atomic E-state index is 0.0204. The van der Waals surface area contributed by atoms with Gasteiger partial charge in [-0.3, -0.25) is 0 Å².